The molecule has 0 saturated heterocycles. The van der Waals surface area contributed by atoms with Crippen LogP contribution >= 0.6 is 0 Å². The SMILES string of the molecule is C/C=C\COC(C)COC. The van der Waals surface area contributed by atoms with Crippen LogP contribution in [0.4, 0.5) is 0 Å². The summed E-state index contributed by atoms with van der Waals surface area (Å²) >= 11 is 0. The second kappa shape index (κ2) is 6.78. The monoisotopic (exact) mass is 144 g/mol. The van der Waals surface area contributed by atoms with Gasteiger partial charge in [-0.05, 0) is 13.8 Å². The Morgan fingerprint density at radius 1 is 1.50 bits per heavy atom. The molecule has 0 amide bonds. The molecule has 0 N–H and O–H groups in total. The van der Waals surface area contributed by atoms with Crippen LogP contribution in [0, 0.1) is 0 Å². The molecule has 1 unspecified atom stereocenters. The number of hydrogen-bond acceptors (Lipinski definition) is 2. The summed E-state index contributed by atoms with van der Waals surface area (Å²) < 4.78 is 10.2. The molecular weight excluding hydrogens is 128 g/mol. The molecule has 0 aliphatic carbocycles. The smallest absolute Gasteiger partial charge is 0.0784 e. The van der Waals surface area contributed by atoms with Crippen molar-refractivity contribution in [2.24, 2.45) is 0 Å². The van der Waals surface area contributed by atoms with Gasteiger partial charge >= 0.3 is 0 Å². The Bertz CT molecular complexity index is 89.3. The predicted octanol–water partition coefficient (Wildman–Crippen LogP) is 1.61. The summed E-state index contributed by atoms with van der Waals surface area (Å²) in [5.41, 5.74) is 0. The standard InChI is InChI=1S/C8H16O2/c1-4-5-6-10-8(2)7-9-3/h4-5,8H,6-7H2,1-3H3/b5-4-. The van der Waals surface area contributed by atoms with E-state index < -0.39 is 0 Å². The molecule has 2 nitrogen and oxygen atoms in total. The van der Waals surface area contributed by atoms with Gasteiger partial charge in [0.05, 0.1) is 19.3 Å². The van der Waals surface area contributed by atoms with Crippen LogP contribution in [0.25, 0.3) is 0 Å². The molecule has 0 aromatic carbocycles. The first-order chi connectivity index (χ1) is 4.81. The molecule has 0 fully saturated rings. The molecule has 1 atom stereocenters. The minimum Gasteiger partial charge on any atom is -0.382 e. The van der Waals surface area contributed by atoms with E-state index >= 15 is 0 Å². The van der Waals surface area contributed by atoms with Gasteiger partial charge < -0.3 is 9.47 Å². The third-order valence-corrected chi connectivity index (χ3v) is 1.11. The van der Waals surface area contributed by atoms with E-state index in [0.717, 1.165) is 0 Å². The fourth-order valence-electron chi connectivity index (χ4n) is 0.599. The lowest BCUT2D eigenvalue weighted by Crippen LogP contribution is -2.14. The van der Waals surface area contributed by atoms with Crippen molar-refractivity contribution in [3.8, 4) is 0 Å². The summed E-state index contributed by atoms with van der Waals surface area (Å²) in [7, 11) is 1.68. The van der Waals surface area contributed by atoms with Gasteiger partial charge in [0.25, 0.3) is 0 Å². The first kappa shape index (κ1) is 9.66. The normalized spacial score (nSPS) is 14.3. The number of hydrogen-bond donors (Lipinski definition) is 0. The summed E-state index contributed by atoms with van der Waals surface area (Å²) in [5.74, 6) is 0. The van der Waals surface area contributed by atoms with Gasteiger partial charge in [0, 0.05) is 7.11 Å². The fraction of sp³-hybridized carbons (Fsp3) is 0.750. The van der Waals surface area contributed by atoms with E-state index in [1.54, 1.807) is 7.11 Å². The minimum absolute atomic E-state index is 0.196. The quantitative estimate of drug-likeness (QED) is 0.546. The Kier molecular flexibility index (Phi) is 6.55. The molecule has 0 rings (SSSR count). The molecule has 0 bridgehead atoms. The predicted molar refractivity (Wildman–Crippen MR) is 42.1 cm³/mol. The highest BCUT2D eigenvalue weighted by Gasteiger charge is 1.97. The molecular formula is C8H16O2. The van der Waals surface area contributed by atoms with Gasteiger partial charge in [-0.1, -0.05) is 12.2 Å². The lowest BCUT2D eigenvalue weighted by molar-refractivity contribution is 0.0227. The highest BCUT2D eigenvalue weighted by Crippen LogP contribution is 1.90. The number of allylic oxidation sites excluding steroid dienone is 1. The van der Waals surface area contributed by atoms with E-state index in [2.05, 4.69) is 0 Å². The van der Waals surface area contributed by atoms with Crippen molar-refractivity contribution in [3.63, 3.8) is 0 Å². The number of methoxy groups -OCH3 is 1. The summed E-state index contributed by atoms with van der Waals surface area (Å²) in [6.45, 7) is 5.32. The van der Waals surface area contributed by atoms with Crippen molar-refractivity contribution in [2.45, 2.75) is 20.0 Å². The third-order valence-electron chi connectivity index (χ3n) is 1.11. The van der Waals surface area contributed by atoms with Gasteiger partial charge in [0.1, 0.15) is 0 Å². The molecule has 0 aliphatic heterocycles. The van der Waals surface area contributed by atoms with Crippen LogP contribution in [0.2, 0.25) is 0 Å². The van der Waals surface area contributed by atoms with E-state index in [1.807, 2.05) is 26.0 Å². The van der Waals surface area contributed by atoms with E-state index in [4.69, 9.17) is 9.47 Å². The van der Waals surface area contributed by atoms with E-state index in [9.17, 15) is 0 Å². The Morgan fingerprint density at radius 3 is 2.70 bits per heavy atom. The maximum Gasteiger partial charge on any atom is 0.0784 e. The lowest BCUT2D eigenvalue weighted by Gasteiger charge is -2.08. The zero-order valence-electron chi connectivity index (χ0n) is 6.96. The van der Waals surface area contributed by atoms with Crippen LogP contribution < -0.4 is 0 Å². The van der Waals surface area contributed by atoms with Gasteiger partial charge in [-0.2, -0.15) is 0 Å². The van der Waals surface area contributed by atoms with Gasteiger partial charge in [0.15, 0.2) is 0 Å². The molecule has 0 aromatic rings. The maximum atomic E-state index is 5.31. The molecule has 2 heteroatoms. The van der Waals surface area contributed by atoms with Crippen LogP contribution in [0.5, 0.6) is 0 Å². The van der Waals surface area contributed by atoms with Crippen LogP contribution in [0.15, 0.2) is 12.2 Å². The topological polar surface area (TPSA) is 18.5 Å². The summed E-state index contributed by atoms with van der Waals surface area (Å²) in [4.78, 5) is 0. The second-order valence-electron chi connectivity index (χ2n) is 2.17. The first-order valence-corrected chi connectivity index (χ1v) is 3.53. The molecule has 0 spiro atoms. The first-order valence-electron chi connectivity index (χ1n) is 3.53. The van der Waals surface area contributed by atoms with Crippen LogP contribution in [-0.4, -0.2) is 26.4 Å². The van der Waals surface area contributed by atoms with Crippen molar-refractivity contribution in [1.29, 1.82) is 0 Å². The van der Waals surface area contributed by atoms with Crippen molar-refractivity contribution in [1.82, 2.24) is 0 Å². The van der Waals surface area contributed by atoms with E-state index in [1.165, 1.54) is 0 Å². The molecule has 0 heterocycles. The summed E-state index contributed by atoms with van der Waals surface area (Å²) in [6.07, 6.45) is 4.15. The zero-order chi connectivity index (χ0) is 7.82. The maximum absolute atomic E-state index is 5.31. The summed E-state index contributed by atoms with van der Waals surface area (Å²) in [6, 6.07) is 0. The van der Waals surface area contributed by atoms with Crippen molar-refractivity contribution in [3.05, 3.63) is 12.2 Å². The van der Waals surface area contributed by atoms with Gasteiger partial charge in [-0.25, -0.2) is 0 Å². The largest absolute Gasteiger partial charge is 0.382 e. The third kappa shape index (κ3) is 5.79. The number of rotatable bonds is 5. The molecule has 10 heavy (non-hydrogen) atoms. The second-order valence-corrected chi connectivity index (χ2v) is 2.17. The van der Waals surface area contributed by atoms with Gasteiger partial charge in [-0.15, -0.1) is 0 Å². The average molecular weight is 144 g/mol. The Morgan fingerprint density at radius 2 is 2.20 bits per heavy atom. The fourth-order valence-corrected chi connectivity index (χ4v) is 0.599. The Labute approximate surface area is 62.8 Å². The van der Waals surface area contributed by atoms with E-state index in [-0.39, 0.29) is 6.10 Å². The number of ether oxygens (including phenoxy) is 2. The Hall–Kier alpha value is -0.340. The van der Waals surface area contributed by atoms with E-state index in [0.29, 0.717) is 13.2 Å². The van der Waals surface area contributed by atoms with Crippen LogP contribution in [-0.2, 0) is 9.47 Å². The molecule has 0 saturated carbocycles. The van der Waals surface area contributed by atoms with Gasteiger partial charge in [0.2, 0.25) is 0 Å². The lowest BCUT2D eigenvalue weighted by atomic mass is 10.4. The highest BCUT2D eigenvalue weighted by molar-refractivity contribution is 4.76. The van der Waals surface area contributed by atoms with Crippen molar-refractivity contribution < 1.29 is 9.47 Å². The zero-order valence-corrected chi connectivity index (χ0v) is 6.96. The summed E-state index contributed by atoms with van der Waals surface area (Å²) in [5, 5.41) is 0. The van der Waals surface area contributed by atoms with Crippen LogP contribution in [0.3, 0.4) is 0 Å². The van der Waals surface area contributed by atoms with Crippen LogP contribution in [0.1, 0.15) is 13.8 Å². The highest BCUT2D eigenvalue weighted by atomic mass is 16.5. The van der Waals surface area contributed by atoms with Gasteiger partial charge in [-0.3, -0.25) is 0 Å². The molecule has 0 radical (unpaired) electrons. The average Bonchev–Trinajstić information content (AvgIpc) is 1.89. The molecule has 60 valence electrons. The van der Waals surface area contributed by atoms with Crippen molar-refractivity contribution >= 4 is 0 Å². The molecule has 0 aromatic heterocycles. The minimum atomic E-state index is 0.196. The van der Waals surface area contributed by atoms with Crippen molar-refractivity contribution in [2.75, 3.05) is 20.3 Å². The molecule has 0 aliphatic rings. The Balaban J connectivity index is 3.12.